The van der Waals surface area contributed by atoms with Crippen molar-refractivity contribution in [3.8, 4) is 0 Å². The van der Waals surface area contributed by atoms with Gasteiger partial charge < -0.3 is 5.32 Å². The fourth-order valence-electron chi connectivity index (χ4n) is 2.84. The van der Waals surface area contributed by atoms with Crippen LogP contribution in [0.25, 0.3) is 0 Å². The molecule has 90 valence electrons. The Morgan fingerprint density at radius 1 is 1.62 bits per heavy atom. The molecule has 0 amide bonds. The highest BCUT2D eigenvalue weighted by Gasteiger charge is 2.33. The van der Waals surface area contributed by atoms with Gasteiger partial charge in [-0.1, -0.05) is 6.92 Å². The van der Waals surface area contributed by atoms with Gasteiger partial charge in [0.05, 0.1) is 6.20 Å². The maximum Gasteiger partial charge on any atom is 0.0521 e. The molecule has 2 atom stereocenters. The lowest BCUT2D eigenvalue weighted by molar-refractivity contribution is 0.300. The summed E-state index contributed by atoms with van der Waals surface area (Å²) >= 11 is 0. The van der Waals surface area contributed by atoms with Crippen LogP contribution in [0.3, 0.4) is 0 Å². The minimum Gasteiger partial charge on any atom is -0.317 e. The quantitative estimate of drug-likeness (QED) is 0.844. The molecule has 3 nitrogen and oxygen atoms in total. The lowest BCUT2D eigenvalue weighted by Crippen LogP contribution is -2.23. The van der Waals surface area contributed by atoms with Crippen LogP contribution in [-0.4, -0.2) is 22.9 Å². The molecule has 0 radical (unpaired) electrons. The van der Waals surface area contributed by atoms with E-state index >= 15 is 0 Å². The number of nitrogens with zero attached hydrogens (tertiary/aromatic N) is 2. The van der Waals surface area contributed by atoms with Crippen molar-refractivity contribution in [1.29, 1.82) is 0 Å². The van der Waals surface area contributed by atoms with Crippen LogP contribution < -0.4 is 5.32 Å². The summed E-state index contributed by atoms with van der Waals surface area (Å²) in [6.45, 7) is 2.43. The Labute approximate surface area is 98.2 Å². The summed E-state index contributed by atoms with van der Waals surface area (Å²) in [5.41, 5.74) is 1.90. The van der Waals surface area contributed by atoms with Crippen LogP contribution in [0.5, 0.6) is 0 Å². The third-order valence-electron chi connectivity index (χ3n) is 4.02. The molecule has 0 saturated heterocycles. The maximum atomic E-state index is 4.22. The Hall–Kier alpha value is -0.830. The van der Waals surface area contributed by atoms with Gasteiger partial charge in [0.15, 0.2) is 0 Å². The lowest BCUT2D eigenvalue weighted by atomic mass is 9.83. The van der Waals surface area contributed by atoms with Crippen molar-refractivity contribution >= 4 is 0 Å². The zero-order valence-corrected chi connectivity index (χ0v) is 10.7. The Balaban J connectivity index is 1.86. The van der Waals surface area contributed by atoms with E-state index in [1.807, 2.05) is 17.9 Å². The van der Waals surface area contributed by atoms with Gasteiger partial charge in [0.2, 0.25) is 0 Å². The summed E-state index contributed by atoms with van der Waals surface area (Å²) in [5.74, 6) is 0. The monoisotopic (exact) mass is 221 g/mol. The molecule has 1 saturated carbocycles. The third-order valence-corrected chi connectivity index (χ3v) is 4.02. The molecule has 3 heteroatoms. The summed E-state index contributed by atoms with van der Waals surface area (Å²) < 4.78 is 1.89. The normalized spacial score (nSPS) is 29.8. The first-order valence-electron chi connectivity index (χ1n) is 6.26. The van der Waals surface area contributed by atoms with Gasteiger partial charge in [0.1, 0.15) is 0 Å². The molecule has 2 rings (SSSR count). The van der Waals surface area contributed by atoms with E-state index in [1.165, 1.54) is 37.7 Å². The molecule has 1 N–H and O–H groups in total. The predicted octanol–water partition coefficient (Wildman–Crippen LogP) is 2.13. The smallest absolute Gasteiger partial charge is 0.0521 e. The Morgan fingerprint density at radius 2 is 2.44 bits per heavy atom. The highest BCUT2D eigenvalue weighted by Crippen LogP contribution is 2.41. The van der Waals surface area contributed by atoms with Gasteiger partial charge in [-0.05, 0) is 50.1 Å². The summed E-state index contributed by atoms with van der Waals surface area (Å²) in [7, 11) is 4.06. The van der Waals surface area contributed by atoms with E-state index in [-0.39, 0.29) is 0 Å². The molecular weight excluding hydrogens is 198 g/mol. The van der Waals surface area contributed by atoms with Crippen molar-refractivity contribution in [1.82, 2.24) is 15.1 Å². The van der Waals surface area contributed by atoms with E-state index < -0.39 is 0 Å². The molecule has 0 spiro atoms. The maximum absolute atomic E-state index is 4.22. The molecule has 1 fully saturated rings. The van der Waals surface area contributed by atoms with Crippen LogP contribution in [0.15, 0.2) is 12.4 Å². The fraction of sp³-hybridized carbons (Fsp3) is 0.769. The number of nitrogens with one attached hydrogen (secondary N) is 1. The number of hydrogen-bond donors (Lipinski definition) is 1. The minimum absolute atomic E-state index is 0.531. The second kappa shape index (κ2) is 4.58. The average Bonchev–Trinajstić information content (AvgIpc) is 2.83. The van der Waals surface area contributed by atoms with E-state index in [0.717, 1.165) is 6.04 Å². The predicted molar refractivity (Wildman–Crippen MR) is 66.3 cm³/mol. The third kappa shape index (κ3) is 2.64. The molecular formula is C13H23N3. The average molecular weight is 221 g/mol. The summed E-state index contributed by atoms with van der Waals surface area (Å²) in [4.78, 5) is 0. The number of aryl methyl sites for hydroxylation is 2. The van der Waals surface area contributed by atoms with Gasteiger partial charge in [-0.2, -0.15) is 5.10 Å². The standard InChI is InChI=1S/C13H23N3/c1-13(7-5-12(8-13)14-2)6-4-11-9-15-16(3)10-11/h9-10,12,14H,4-8H2,1-3H3. The Kier molecular flexibility index (Phi) is 3.33. The van der Waals surface area contributed by atoms with Crippen molar-refractivity contribution in [2.75, 3.05) is 7.05 Å². The SMILES string of the molecule is CNC1CCC(C)(CCc2cnn(C)c2)C1. The topological polar surface area (TPSA) is 29.9 Å². The van der Waals surface area contributed by atoms with Gasteiger partial charge in [-0.3, -0.25) is 4.68 Å². The Morgan fingerprint density at radius 3 is 3.00 bits per heavy atom. The zero-order chi connectivity index (χ0) is 11.6. The number of hydrogen-bond acceptors (Lipinski definition) is 2. The largest absolute Gasteiger partial charge is 0.317 e. The van der Waals surface area contributed by atoms with E-state index in [9.17, 15) is 0 Å². The highest BCUT2D eigenvalue weighted by molar-refractivity contribution is 5.05. The van der Waals surface area contributed by atoms with Gasteiger partial charge in [-0.15, -0.1) is 0 Å². The van der Waals surface area contributed by atoms with E-state index in [1.54, 1.807) is 0 Å². The van der Waals surface area contributed by atoms with Crippen molar-refractivity contribution in [3.05, 3.63) is 18.0 Å². The highest BCUT2D eigenvalue weighted by atomic mass is 15.2. The second-order valence-corrected chi connectivity index (χ2v) is 5.56. The number of aromatic nitrogens is 2. The molecule has 16 heavy (non-hydrogen) atoms. The molecule has 1 aliphatic rings. The molecule has 1 aromatic heterocycles. The first-order valence-corrected chi connectivity index (χ1v) is 6.26. The van der Waals surface area contributed by atoms with Crippen LogP contribution in [0.1, 0.15) is 38.2 Å². The van der Waals surface area contributed by atoms with Gasteiger partial charge >= 0.3 is 0 Å². The van der Waals surface area contributed by atoms with Gasteiger partial charge in [-0.25, -0.2) is 0 Å². The summed E-state index contributed by atoms with van der Waals surface area (Å²) in [5, 5.41) is 7.62. The van der Waals surface area contributed by atoms with Crippen LogP contribution in [0.2, 0.25) is 0 Å². The van der Waals surface area contributed by atoms with Crippen LogP contribution >= 0.6 is 0 Å². The summed E-state index contributed by atoms with van der Waals surface area (Å²) in [6.07, 6.45) is 10.6. The molecule has 0 aromatic carbocycles. The van der Waals surface area contributed by atoms with Crippen molar-refractivity contribution < 1.29 is 0 Å². The second-order valence-electron chi connectivity index (χ2n) is 5.56. The van der Waals surface area contributed by atoms with Crippen molar-refractivity contribution in [2.24, 2.45) is 12.5 Å². The van der Waals surface area contributed by atoms with Gasteiger partial charge in [0.25, 0.3) is 0 Å². The zero-order valence-electron chi connectivity index (χ0n) is 10.7. The summed E-state index contributed by atoms with van der Waals surface area (Å²) in [6, 6.07) is 0.735. The first kappa shape index (κ1) is 11.6. The molecule has 1 heterocycles. The molecule has 0 aliphatic heterocycles. The van der Waals surface area contributed by atoms with E-state index in [0.29, 0.717) is 5.41 Å². The Bertz CT molecular complexity index is 345. The van der Waals surface area contributed by atoms with Crippen molar-refractivity contribution in [3.63, 3.8) is 0 Å². The minimum atomic E-state index is 0.531. The van der Waals surface area contributed by atoms with Gasteiger partial charge in [0, 0.05) is 19.3 Å². The molecule has 1 aromatic rings. The van der Waals surface area contributed by atoms with Crippen LogP contribution in [0.4, 0.5) is 0 Å². The first-order chi connectivity index (χ1) is 7.61. The van der Waals surface area contributed by atoms with Crippen LogP contribution in [-0.2, 0) is 13.5 Å². The lowest BCUT2D eigenvalue weighted by Gasteiger charge is -2.23. The fourth-order valence-corrected chi connectivity index (χ4v) is 2.84. The molecule has 1 aliphatic carbocycles. The van der Waals surface area contributed by atoms with Crippen molar-refractivity contribution in [2.45, 2.75) is 45.1 Å². The molecule has 2 unspecified atom stereocenters. The van der Waals surface area contributed by atoms with E-state index in [4.69, 9.17) is 0 Å². The van der Waals surface area contributed by atoms with Crippen LogP contribution in [0, 0.1) is 5.41 Å². The molecule has 0 bridgehead atoms. The number of rotatable bonds is 4. The van der Waals surface area contributed by atoms with E-state index in [2.05, 4.69) is 30.6 Å².